The summed E-state index contributed by atoms with van der Waals surface area (Å²) in [6.07, 6.45) is 9.47. The summed E-state index contributed by atoms with van der Waals surface area (Å²) in [7, 11) is 0. The number of rotatable bonds is 6. The van der Waals surface area contributed by atoms with Gasteiger partial charge in [-0.3, -0.25) is 9.88 Å². The van der Waals surface area contributed by atoms with Gasteiger partial charge in [-0.05, 0) is 81.2 Å². The molecule has 128 valence electrons. The highest BCUT2D eigenvalue weighted by atomic mass is 15.2. The first-order valence-corrected chi connectivity index (χ1v) is 9.54. The summed E-state index contributed by atoms with van der Waals surface area (Å²) in [6, 6.07) is 4.25. The molecule has 0 aromatic carbocycles. The minimum Gasteiger partial charge on any atom is -0.303 e. The van der Waals surface area contributed by atoms with Gasteiger partial charge in [0, 0.05) is 25.5 Å². The van der Waals surface area contributed by atoms with Gasteiger partial charge in [0.05, 0.1) is 0 Å². The van der Waals surface area contributed by atoms with Crippen LogP contribution in [0.5, 0.6) is 0 Å². The Morgan fingerprint density at radius 1 is 1.09 bits per heavy atom. The van der Waals surface area contributed by atoms with Gasteiger partial charge in [-0.25, -0.2) is 0 Å². The summed E-state index contributed by atoms with van der Waals surface area (Å²) in [5.41, 5.74) is 1.36. The highest BCUT2D eigenvalue weighted by Crippen LogP contribution is 2.32. The molecule has 0 spiro atoms. The molecule has 1 aromatic heterocycles. The number of piperidine rings is 1. The SMILES string of the molecule is CC(C)CCN1CCC(C2CCN(Cc3cccnc3)C2)CC1. The van der Waals surface area contributed by atoms with Crippen molar-refractivity contribution in [1.29, 1.82) is 0 Å². The van der Waals surface area contributed by atoms with E-state index in [4.69, 9.17) is 0 Å². The second kappa shape index (κ2) is 8.25. The molecule has 3 nitrogen and oxygen atoms in total. The van der Waals surface area contributed by atoms with E-state index in [9.17, 15) is 0 Å². The van der Waals surface area contributed by atoms with Crippen molar-refractivity contribution in [2.75, 3.05) is 32.7 Å². The lowest BCUT2D eigenvalue weighted by molar-refractivity contribution is 0.141. The number of hydrogen-bond acceptors (Lipinski definition) is 3. The summed E-state index contributed by atoms with van der Waals surface area (Å²) in [6.45, 7) is 12.3. The molecule has 1 unspecified atom stereocenters. The van der Waals surface area contributed by atoms with Crippen molar-refractivity contribution in [3.63, 3.8) is 0 Å². The Hall–Kier alpha value is -0.930. The van der Waals surface area contributed by atoms with E-state index >= 15 is 0 Å². The molecule has 3 rings (SSSR count). The molecule has 0 bridgehead atoms. The zero-order chi connectivity index (χ0) is 16.1. The molecule has 0 saturated carbocycles. The summed E-state index contributed by atoms with van der Waals surface area (Å²) in [5, 5.41) is 0. The fourth-order valence-corrected chi connectivity index (χ4v) is 4.23. The average Bonchev–Trinajstić information content (AvgIpc) is 3.03. The van der Waals surface area contributed by atoms with Gasteiger partial charge in [-0.2, -0.15) is 0 Å². The third-order valence-corrected chi connectivity index (χ3v) is 5.76. The Kier molecular flexibility index (Phi) is 6.07. The van der Waals surface area contributed by atoms with Gasteiger partial charge in [0.1, 0.15) is 0 Å². The second-order valence-corrected chi connectivity index (χ2v) is 8.01. The van der Waals surface area contributed by atoms with Crippen molar-refractivity contribution < 1.29 is 0 Å². The highest BCUT2D eigenvalue weighted by Gasteiger charge is 2.31. The van der Waals surface area contributed by atoms with Gasteiger partial charge in [0.2, 0.25) is 0 Å². The zero-order valence-electron chi connectivity index (χ0n) is 15.0. The predicted molar refractivity (Wildman–Crippen MR) is 96.2 cm³/mol. The van der Waals surface area contributed by atoms with Gasteiger partial charge < -0.3 is 4.90 Å². The van der Waals surface area contributed by atoms with E-state index in [1.807, 2.05) is 12.4 Å². The van der Waals surface area contributed by atoms with Crippen molar-refractivity contribution >= 4 is 0 Å². The van der Waals surface area contributed by atoms with Crippen LogP contribution in [0.4, 0.5) is 0 Å². The lowest BCUT2D eigenvalue weighted by Gasteiger charge is -2.35. The predicted octanol–water partition coefficient (Wildman–Crippen LogP) is 3.66. The van der Waals surface area contributed by atoms with Crippen LogP contribution < -0.4 is 0 Å². The van der Waals surface area contributed by atoms with Crippen LogP contribution in [0.1, 0.15) is 45.1 Å². The van der Waals surface area contributed by atoms with E-state index in [-0.39, 0.29) is 0 Å². The third-order valence-electron chi connectivity index (χ3n) is 5.76. The largest absolute Gasteiger partial charge is 0.303 e. The number of pyridine rings is 1. The molecule has 0 aliphatic carbocycles. The monoisotopic (exact) mass is 315 g/mol. The fourth-order valence-electron chi connectivity index (χ4n) is 4.23. The third kappa shape index (κ3) is 5.02. The van der Waals surface area contributed by atoms with E-state index in [2.05, 4.69) is 40.8 Å². The molecule has 2 fully saturated rings. The Bertz CT molecular complexity index is 451. The Morgan fingerprint density at radius 2 is 1.83 bits per heavy atom. The van der Waals surface area contributed by atoms with Gasteiger partial charge in [0.25, 0.3) is 0 Å². The molecule has 1 aromatic rings. The molecule has 3 heterocycles. The molecule has 0 amide bonds. The van der Waals surface area contributed by atoms with Crippen molar-refractivity contribution in [1.82, 2.24) is 14.8 Å². The van der Waals surface area contributed by atoms with Crippen LogP contribution >= 0.6 is 0 Å². The minimum absolute atomic E-state index is 0.837. The van der Waals surface area contributed by atoms with E-state index in [1.165, 1.54) is 64.0 Å². The van der Waals surface area contributed by atoms with E-state index in [1.54, 1.807) is 0 Å². The quantitative estimate of drug-likeness (QED) is 0.798. The summed E-state index contributed by atoms with van der Waals surface area (Å²) in [5.74, 6) is 2.73. The maximum absolute atomic E-state index is 4.24. The van der Waals surface area contributed by atoms with Crippen LogP contribution in [0.25, 0.3) is 0 Å². The molecule has 0 radical (unpaired) electrons. The molecule has 0 N–H and O–H groups in total. The maximum atomic E-state index is 4.24. The maximum Gasteiger partial charge on any atom is 0.0312 e. The van der Waals surface area contributed by atoms with Crippen LogP contribution in [0.2, 0.25) is 0 Å². The van der Waals surface area contributed by atoms with Gasteiger partial charge in [0.15, 0.2) is 0 Å². The zero-order valence-corrected chi connectivity index (χ0v) is 15.0. The first-order valence-electron chi connectivity index (χ1n) is 9.54. The molecule has 2 saturated heterocycles. The van der Waals surface area contributed by atoms with Gasteiger partial charge in [-0.1, -0.05) is 19.9 Å². The summed E-state index contributed by atoms with van der Waals surface area (Å²) >= 11 is 0. The number of nitrogens with zero attached hydrogens (tertiary/aromatic N) is 3. The summed E-state index contributed by atoms with van der Waals surface area (Å²) in [4.78, 5) is 9.57. The van der Waals surface area contributed by atoms with Crippen molar-refractivity contribution in [2.45, 2.75) is 46.1 Å². The first kappa shape index (κ1) is 16.9. The molecule has 1 atom stereocenters. The van der Waals surface area contributed by atoms with Crippen LogP contribution in [-0.2, 0) is 6.54 Å². The molecule has 2 aliphatic heterocycles. The Balaban J connectivity index is 1.40. The molecular weight excluding hydrogens is 282 g/mol. The lowest BCUT2D eigenvalue weighted by atomic mass is 9.83. The number of hydrogen-bond donors (Lipinski definition) is 0. The van der Waals surface area contributed by atoms with E-state index in [0.29, 0.717) is 0 Å². The Labute approximate surface area is 142 Å². The van der Waals surface area contributed by atoms with E-state index in [0.717, 1.165) is 24.3 Å². The lowest BCUT2D eigenvalue weighted by Crippen LogP contribution is -2.37. The minimum atomic E-state index is 0.837. The molecular formula is C20H33N3. The second-order valence-electron chi connectivity index (χ2n) is 8.01. The standard InChI is InChI=1S/C20H33N3/c1-17(2)5-10-22-11-6-19(7-12-22)20-8-13-23(16-20)15-18-4-3-9-21-14-18/h3-4,9,14,17,19-20H,5-8,10-13,15-16H2,1-2H3. The topological polar surface area (TPSA) is 19.4 Å². The van der Waals surface area contributed by atoms with Crippen LogP contribution in [0.3, 0.4) is 0 Å². The first-order chi connectivity index (χ1) is 11.2. The summed E-state index contributed by atoms with van der Waals surface area (Å²) < 4.78 is 0. The fraction of sp³-hybridized carbons (Fsp3) is 0.750. The van der Waals surface area contributed by atoms with E-state index < -0.39 is 0 Å². The molecule has 3 heteroatoms. The Morgan fingerprint density at radius 3 is 2.52 bits per heavy atom. The van der Waals surface area contributed by atoms with Crippen molar-refractivity contribution in [3.05, 3.63) is 30.1 Å². The van der Waals surface area contributed by atoms with Gasteiger partial charge in [-0.15, -0.1) is 0 Å². The number of likely N-dealkylation sites (tertiary alicyclic amines) is 2. The van der Waals surface area contributed by atoms with Gasteiger partial charge >= 0.3 is 0 Å². The smallest absolute Gasteiger partial charge is 0.0312 e. The average molecular weight is 316 g/mol. The van der Waals surface area contributed by atoms with Crippen LogP contribution in [-0.4, -0.2) is 47.5 Å². The normalized spacial score (nSPS) is 24.6. The highest BCUT2D eigenvalue weighted by molar-refractivity contribution is 5.08. The van der Waals surface area contributed by atoms with Crippen molar-refractivity contribution in [3.8, 4) is 0 Å². The van der Waals surface area contributed by atoms with Crippen LogP contribution in [0.15, 0.2) is 24.5 Å². The number of aromatic nitrogens is 1. The van der Waals surface area contributed by atoms with Crippen molar-refractivity contribution in [2.24, 2.45) is 17.8 Å². The molecule has 2 aliphatic rings. The van der Waals surface area contributed by atoms with Crippen LogP contribution in [0, 0.1) is 17.8 Å². The molecule has 23 heavy (non-hydrogen) atoms.